The zero-order chi connectivity index (χ0) is 26.4. The second kappa shape index (κ2) is 9.82. The predicted molar refractivity (Wildman–Crippen MR) is 140 cm³/mol. The minimum absolute atomic E-state index is 0.160. The summed E-state index contributed by atoms with van der Waals surface area (Å²) in [5.74, 6) is 2.53. The normalized spacial score (nSPS) is 19.3. The van der Waals surface area contributed by atoms with Gasteiger partial charge in [-0.05, 0) is 18.6 Å². The Morgan fingerprint density at radius 3 is 2.66 bits per heavy atom. The summed E-state index contributed by atoms with van der Waals surface area (Å²) in [6.07, 6.45) is 0. The molecule has 4 N–H and O–H groups in total. The Labute approximate surface area is 219 Å². The van der Waals surface area contributed by atoms with Crippen molar-refractivity contribution >= 4 is 22.8 Å². The summed E-state index contributed by atoms with van der Waals surface area (Å²) in [4.78, 5) is 18.0. The Kier molecular flexibility index (Phi) is 6.33. The highest BCUT2D eigenvalue weighted by Gasteiger charge is 2.50. The third-order valence-electron chi connectivity index (χ3n) is 7.43. The SMILES string of the molecule is COc1cc(CN2CC3C2CN3CCO)ccc1Cn1nc(C)c2nc(N)nc(NCc3noc(C)n3)c21. The topological polar surface area (TPSA) is 157 Å². The molecular weight excluding hydrogens is 488 g/mol. The third kappa shape index (κ3) is 4.42. The largest absolute Gasteiger partial charge is 0.496 e. The smallest absolute Gasteiger partial charge is 0.223 e. The number of anilines is 2. The van der Waals surface area contributed by atoms with E-state index < -0.39 is 0 Å². The Bertz CT molecular complexity index is 1470. The number of nitrogen functional groups attached to an aromatic ring is 1. The highest BCUT2D eigenvalue weighted by Crippen LogP contribution is 2.35. The lowest BCUT2D eigenvalue weighted by atomic mass is 9.85. The lowest BCUT2D eigenvalue weighted by Crippen LogP contribution is -2.78. The number of hydrogen-bond donors (Lipinski definition) is 3. The van der Waals surface area contributed by atoms with Crippen LogP contribution < -0.4 is 15.8 Å². The van der Waals surface area contributed by atoms with E-state index in [1.54, 1.807) is 14.0 Å². The number of methoxy groups -OCH3 is 1. The molecule has 2 aliphatic heterocycles. The predicted octanol–water partition coefficient (Wildman–Crippen LogP) is 0.938. The first-order valence-corrected chi connectivity index (χ1v) is 12.7. The zero-order valence-corrected chi connectivity index (χ0v) is 21.8. The number of aromatic nitrogens is 6. The number of nitrogens with zero attached hydrogens (tertiary/aromatic N) is 8. The highest BCUT2D eigenvalue weighted by molar-refractivity contribution is 5.88. The minimum atomic E-state index is 0.160. The Morgan fingerprint density at radius 2 is 1.95 bits per heavy atom. The van der Waals surface area contributed by atoms with Crippen LogP contribution in [-0.4, -0.2) is 90.2 Å². The molecule has 38 heavy (non-hydrogen) atoms. The maximum Gasteiger partial charge on any atom is 0.223 e. The van der Waals surface area contributed by atoms with Crippen molar-refractivity contribution < 1.29 is 14.4 Å². The molecule has 13 heteroatoms. The molecule has 0 spiro atoms. The molecule has 2 unspecified atom stereocenters. The van der Waals surface area contributed by atoms with Crippen LogP contribution in [0.1, 0.15) is 28.5 Å². The van der Waals surface area contributed by atoms with Crippen molar-refractivity contribution in [3.8, 4) is 5.75 Å². The van der Waals surface area contributed by atoms with E-state index in [4.69, 9.17) is 20.1 Å². The molecule has 2 saturated heterocycles. The molecule has 2 aliphatic rings. The number of β-amino-alcohol motifs (C(OH)–C–C–N with tert-alkyl or cyclic N) is 1. The lowest BCUT2D eigenvalue weighted by molar-refractivity contribution is -0.131. The molecule has 2 fully saturated rings. The van der Waals surface area contributed by atoms with Gasteiger partial charge in [0.15, 0.2) is 11.6 Å². The number of aryl methyl sites for hydroxylation is 2. The molecule has 4 aromatic rings. The molecule has 3 aromatic heterocycles. The van der Waals surface area contributed by atoms with Gasteiger partial charge < -0.3 is 25.4 Å². The van der Waals surface area contributed by atoms with Gasteiger partial charge >= 0.3 is 0 Å². The molecule has 2 atom stereocenters. The van der Waals surface area contributed by atoms with E-state index in [9.17, 15) is 5.11 Å². The van der Waals surface area contributed by atoms with Gasteiger partial charge in [-0.25, -0.2) is 4.98 Å². The summed E-state index contributed by atoms with van der Waals surface area (Å²) >= 11 is 0. The van der Waals surface area contributed by atoms with Gasteiger partial charge in [-0.1, -0.05) is 17.3 Å². The van der Waals surface area contributed by atoms with E-state index in [2.05, 4.69) is 53.4 Å². The van der Waals surface area contributed by atoms with Gasteiger partial charge in [-0.2, -0.15) is 15.1 Å². The van der Waals surface area contributed by atoms with Crippen LogP contribution in [0.2, 0.25) is 0 Å². The summed E-state index contributed by atoms with van der Waals surface area (Å²) in [5.41, 5.74) is 10.4. The quantitative estimate of drug-likeness (QED) is 0.272. The summed E-state index contributed by atoms with van der Waals surface area (Å²) < 4.78 is 12.7. The van der Waals surface area contributed by atoms with Crippen molar-refractivity contribution in [3.05, 3.63) is 46.7 Å². The standard InChI is InChI=1S/C25H32N10O3/c1-14-22-23(24(30-25(26)29-22)27-9-21-28-15(2)38-32-21)35(31-14)11-17-5-4-16(8-20(17)37-3)10-34-13-18-19(34)12-33(18)6-7-36/h4-5,8,18-19,36H,6-7,9-13H2,1-3H3,(H3,26,27,29,30). The van der Waals surface area contributed by atoms with Crippen molar-refractivity contribution in [2.45, 2.75) is 45.6 Å². The van der Waals surface area contributed by atoms with Gasteiger partial charge in [0.25, 0.3) is 0 Å². The number of nitrogens with one attached hydrogen (secondary N) is 1. The fourth-order valence-electron chi connectivity index (χ4n) is 5.48. The van der Waals surface area contributed by atoms with Gasteiger partial charge in [0, 0.05) is 50.7 Å². The number of hydrogen-bond acceptors (Lipinski definition) is 12. The molecule has 0 radical (unpaired) electrons. The first-order chi connectivity index (χ1) is 18.4. The van der Waals surface area contributed by atoms with Gasteiger partial charge in [-0.3, -0.25) is 14.5 Å². The van der Waals surface area contributed by atoms with E-state index in [1.807, 2.05) is 11.6 Å². The molecule has 0 aliphatic carbocycles. The number of likely N-dealkylation sites (tertiary alicyclic amines) is 2. The molecular formula is C25H32N10O3. The van der Waals surface area contributed by atoms with Gasteiger partial charge in [0.05, 0.1) is 32.5 Å². The lowest BCUT2D eigenvalue weighted by Gasteiger charge is -2.62. The van der Waals surface area contributed by atoms with Gasteiger partial charge in [0.1, 0.15) is 16.8 Å². The Hall–Kier alpha value is -3.81. The van der Waals surface area contributed by atoms with E-state index in [0.29, 0.717) is 48.2 Å². The van der Waals surface area contributed by atoms with E-state index >= 15 is 0 Å². The van der Waals surface area contributed by atoms with E-state index in [-0.39, 0.29) is 12.6 Å². The number of benzene rings is 1. The Balaban J connectivity index is 1.21. The maximum atomic E-state index is 9.18. The molecule has 200 valence electrons. The monoisotopic (exact) mass is 520 g/mol. The molecule has 13 nitrogen and oxygen atoms in total. The van der Waals surface area contributed by atoms with E-state index in [1.165, 1.54) is 5.56 Å². The average molecular weight is 521 g/mol. The third-order valence-corrected chi connectivity index (χ3v) is 7.43. The number of piperazine rings is 1. The van der Waals surface area contributed by atoms with Crippen LogP contribution in [0.3, 0.4) is 0 Å². The molecule has 0 amide bonds. The average Bonchev–Trinajstić information content (AvgIpc) is 3.45. The number of nitrogens with two attached hydrogens (primary N) is 1. The van der Waals surface area contributed by atoms with Crippen LogP contribution in [0.25, 0.3) is 11.0 Å². The zero-order valence-electron chi connectivity index (χ0n) is 21.8. The highest BCUT2D eigenvalue weighted by atomic mass is 16.5. The molecule has 5 heterocycles. The van der Waals surface area contributed by atoms with Crippen molar-refractivity contribution in [1.29, 1.82) is 0 Å². The van der Waals surface area contributed by atoms with Gasteiger partial charge in [0.2, 0.25) is 11.8 Å². The molecule has 0 saturated carbocycles. The van der Waals surface area contributed by atoms with Crippen molar-refractivity contribution in [2.24, 2.45) is 0 Å². The molecule has 0 bridgehead atoms. The van der Waals surface area contributed by atoms with Crippen LogP contribution in [0.5, 0.6) is 5.75 Å². The molecule has 6 rings (SSSR count). The number of aliphatic hydroxyl groups excluding tert-OH is 1. The number of rotatable bonds is 10. The minimum Gasteiger partial charge on any atom is -0.496 e. The van der Waals surface area contributed by atoms with Crippen LogP contribution in [-0.2, 0) is 19.6 Å². The van der Waals surface area contributed by atoms with Crippen LogP contribution in [0, 0.1) is 13.8 Å². The van der Waals surface area contributed by atoms with Crippen molar-refractivity contribution in [3.63, 3.8) is 0 Å². The number of ether oxygens (including phenoxy) is 1. The van der Waals surface area contributed by atoms with Crippen molar-refractivity contribution in [2.75, 3.05) is 44.4 Å². The molecule has 1 aromatic carbocycles. The maximum absolute atomic E-state index is 9.18. The number of aliphatic hydroxyl groups is 1. The second-order valence-electron chi connectivity index (χ2n) is 9.88. The van der Waals surface area contributed by atoms with Crippen LogP contribution in [0.15, 0.2) is 22.7 Å². The van der Waals surface area contributed by atoms with E-state index in [0.717, 1.165) is 48.7 Å². The first kappa shape index (κ1) is 24.5. The van der Waals surface area contributed by atoms with Crippen LogP contribution in [0.4, 0.5) is 11.8 Å². The Morgan fingerprint density at radius 1 is 1.13 bits per heavy atom. The fraction of sp³-hybridized carbons (Fsp3) is 0.480. The van der Waals surface area contributed by atoms with Crippen molar-refractivity contribution in [1.82, 2.24) is 39.7 Å². The van der Waals surface area contributed by atoms with Gasteiger partial charge in [-0.15, -0.1) is 0 Å². The summed E-state index contributed by atoms with van der Waals surface area (Å²) in [7, 11) is 1.69. The second-order valence-corrected chi connectivity index (χ2v) is 9.88. The fourth-order valence-corrected chi connectivity index (χ4v) is 5.48. The van der Waals surface area contributed by atoms with Crippen LogP contribution >= 0.6 is 0 Å². The summed E-state index contributed by atoms with van der Waals surface area (Å²) in [6.45, 7) is 8.38. The first-order valence-electron chi connectivity index (χ1n) is 12.7. The number of fused-ring (bicyclic) bond motifs is 2. The summed E-state index contributed by atoms with van der Waals surface area (Å²) in [5, 5.41) is 21.1. The summed E-state index contributed by atoms with van der Waals surface area (Å²) in [6, 6.07) is 7.53.